The number of anilines is 2. The molecule has 4 fully saturated rings. The van der Waals surface area contributed by atoms with Crippen LogP contribution in [-0.2, 0) is 9.59 Å². The van der Waals surface area contributed by atoms with Gasteiger partial charge in [0.1, 0.15) is 23.4 Å². The fraction of sp³-hybridized carbons (Fsp3) is 0.500. The molecule has 5 amide bonds. The van der Waals surface area contributed by atoms with Crippen LogP contribution in [0.4, 0.5) is 15.9 Å². The lowest BCUT2D eigenvalue weighted by molar-refractivity contribution is -0.136. The van der Waals surface area contributed by atoms with Gasteiger partial charge in [-0.2, -0.15) is 0 Å². The number of fused-ring (bicyclic) bond motifs is 2. The maximum absolute atomic E-state index is 15.4. The second-order valence-corrected chi connectivity index (χ2v) is 12.5. The van der Waals surface area contributed by atoms with E-state index in [9.17, 15) is 24.0 Å². The highest BCUT2D eigenvalue weighted by molar-refractivity contribution is 6.23. The van der Waals surface area contributed by atoms with Crippen LogP contribution in [0.2, 0.25) is 0 Å². The Labute approximate surface area is 252 Å². The molecule has 4 saturated heterocycles. The monoisotopic (exact) mass is 604 g/mol. The maximum Gasteiger partial charge on any atom is 0.268 e. The third-order valence-corrected chi connectivity index (χ3v) is 9.76. The molecule has 1 aromatic carbocycles. The van der Waals surface area contributed by atoms with Crippen molar-refractivity contribution in [2.75, 3.05) is 55.6 Å². The molecule has 0 aliphatic carbocycles. The van der Waals surface area contributed by atoms with Gasteiger partial charge in [0.15, 0.2) is 0 Å². The number of amides is 5. The van der Waals surface area contributed by atoms with Crippen molar-refractivity contribution in [1.29, 1.82) is 0 Å². The molecule has 5 aliphatic heterocycles. The van der Waals surface area contributed by atoms with Crippen LogP contribution < -0.4 is 20.9 Å². The van der Waals surface area contributed by atoms with Gasteiger partial charge in [-0.3, -0.25) is 34.2 Å². The summed E-state index contributed by atoms with van der Waals surface area (Å²) < 4.78 is 15.4. The fourth-order valence-electron chi connectivity index (χ4n) is 7.48. The number of carbonyl (C=O) groups is 5. The lowest BCUT2D eigenvalue weighted by atomic mass is 9.96. The molecule has 3 N–H and O–H groups in total. The van der Waals surface area contributed by atoms with E-state index >= 15 is 4.39 Å². The number of hydrogen-bond donors (Lipinski definition) is 2. The summed E-state index contributed by atoms with van der Waals surface area (Å²) in [6.07, 6.45) is 5.15. The number of carbonyl (C=O) groups excluding carboxylic acids is 5. The Morgan fingerprint density at radius 1 is 0.909 bits per heavy atom. The summed E-state index contributed by atoms with van der Waals surface area (Å²) in [5.41, 5.74) is 5.76. The number of rotatable bonds is 6. The van der Waals surface area contributed by atoms with E-state index in [1.807, 2.05) is 4.90 Å². The van der Waals surface area contributed by atoms with E-state index in [1.54, 1.807) is 6.20 Å². The minimum Gasteiger partial charge on any atom is -0.368 e. The van der Waals surface area contributed by atoms with Gasteiger partial charge in [0.25, 0.3) is 17.7 Å². The van der Waals surface area contributed by atoms with Crippen LogP contribution in [0, 0.1) is 23.6 Å². The van der Waals surface area contributed by atoms with Gasteiger partial charge in [-0.25, -0.2) is 14.4 Å². The van der Waals surface area contributed by atoms with Gasteiger partial charge < -0.3 is 20.4 Å². The van der Waals surface area contributed by atoms with E-state index in [4.69, 9.17) is 5.73 Å². The van der Waals surface area contributed by atoms with Crippen molar-refractivity contribution >= 4 is 41.0 Å². The van der Waals surface area contributed by atoms with Crippen LogP contribution >= 0.6 is 0 Å². The Hall–Kier alpha value is -4.46. The molecule has 13 nitrogen and oxygen atoms in total. The van der Waals surface area contributed by atoms with Gasteiger partial charge >= 0.3 is 0 Å². The molecule has 5 aliphatic rings. The lowest BCUT2D eigenvalue weighted by Crippen LogP contribution is -2.54. The van der Waals surface area contributed by atoms with Crippen LogP contribution in [-0.4, -0.2) is 101 Å². The molecule has 0 bridgehead atoms. The summed E-state index contributed by atoms with van der Waals surface area (Å²) in [5.74, 6) is -1.58. The minimum atomic E-state index is -1.08. The van der Waals surface area contributed by atoms with Crippen LogP contribution in [0.15, 0.2) is 24.5 Å². The van der Waals surface area contributed by atoms with Gasteiger partial charge in [-0.1, -0.05) is 0 Å². The predicted molar refractivity (Wildman–Crippen MR) is 154 cm³/mol. The number of nitrogens with zero attached hydrogens (tertiary/aromatic N) is 6. The highest BCUT2D eigenvalue weighted by atomic mass is 19.1. The van der Waals surface area contributed by atoms with E-state index in [0.29, 0.717) is 36.5 Å². The van der Waals surface area contributed by atoms with Gasteiger partial charge in [0.2, 0.25) is 11.8 Å². The molecule has 2 aromatic rings. The predicted octanol–water partition coefficient (Wildman–Crippen LogP) is 0.400. The summed E-state index contributed by atoms with van der Waals surface area (Å²) in [6.45, 7) is 5.91. The molecule has 0 saturated carbocycles. The van der Waals surface area contributed by atoms with Crippen molar-refractivity contribution in [3.63, 3.8) is 0 Å². The number of aromatic nitrogens is 2. The molecular formula is C30H33FN8O5. The molecular weight excluding hydrogens is 571 g/mol. The molecule has 3 unspecified atom stereocenters. The highest BCUT2D eigenvalue weighted by Crippen LogP contribution is 2.38. The summed E-state index contributed by atoms with van der Waals surface area (Å²) >= 11 is 0. The summed E-state index contributed by atoms with van der Waals surface area (Å²) in [5, 5.41) is 2.18. The fourth-order valence-corrected chi connectivity index (χ4v) is 7.48. The smallest absolute Gasteiger partial charge is 0.268 e. The molecule has 0 spiro atoms. The van der Waals surface area contributed by atoms with Crippen molar-refractivity contribution in [2.24, 2.45) is 23.5 Å². The van der Waals surface area contributed by atoms with Crippen LogP contribution in [0.3, 0.4) is 0 Å². The number of piperidine rings is 2. The molecule has 230 valence electrons. The van der Waals surface area contributed by atoms with Gasteiger partial charge in [0, 0.05) is 52.2 Å². The largest absolute Gasteiger partial charge is 0.368 e. The summed E-state index contributed by atoms with van der Waals surface area (Å²) in [7, 11) is 0. The number of imide groups is 2. The topological polar surface area (TPSA) is 162 Å². The van der Waals surface area contributed by atoms with Crippen LogP contribution in [0.25, 0.3) is 0 Å². The summed E-state index contributed by atoms with van der Waals surface area (Å²) in [4.78, 5) is 77.4. The molecule has 44 heavy (non-hydrogen) atoms. The molecule has 3 atom stereocenters. The number of nitrogens with two attached hydrogens (primary N) is 1. The summed E-state index contributed by atoms with van der Waals surface area (Å²) in [6, 6.07) is 1.48. The van der Waals surface area contributed by atoms with Crippen molar-refractivity contribution in [3.8, 4) is 0 Å². The van der Waals surface area contributed by atoms with Crippen molar-refractivity contribution < 1.29 is 28.4 Å². The number of primary amides is 1. The number of benzene rings is 1. The van der Waals surface area contributed by atoms with Gasteiger partial charge in [-0.15, -0.1) is 0 Å². The molecule has 0 radical (unpaired) electrons. The second kappa shape index (κ2) is 10.9. The van der Waals surface area contributed by atoms with E-state index in [0.717, 1.165) is 62.3 Å². The van der Waals surface area contributed by atoms with Crippen molar-refractivity contribution in [1.82, 2.24) is 25.1 Å². The zero-order chi connectivity index (χ0) is 30.7. The van der Waals surface area contributed by atoms with E-state index in [1.165, 1.54) is 12.3 Å². The van der Waals surface area contributed by atoms with E-state index in [-0.39, 0.29) is 29.7 Å². The Bertz CT molecular complexity index is 1550. The zero-order valence-corrected chi connectivity index (χ0v) is 24.1. The standard InChI is InChI=1S/C30H33FN8O5/c31-21-7-19-20(30(44)39(29(19)43)23-1-2-26(40)35-28(23)42)8-24(21)38-14-17-12-36(13-18(17)15-38)11-16-3-5-37(6-4-16)25-10-33-22(9-34-25)27(32)41/h7-10,16-18,23H,1-6,11-15H2,(H2,32,41)(H,35,40,42). The number of hydrogen-bond acceptors (Lipinski definition) is 10. The minimum absolute atomic E-state index is 0.0272. The Balaban J connectivity index is 0.944. The molecule has 1 aromatic heterocycles. The first-order valence-electron chi connectivity index (χ1n) is 15.1. The lowest BCUT2D eigenvalue weighted by Gasteiger charge is -2.34. The van der Waals surface area contributed by atoms with Crippen molar-refractivity contribution in [3.05, 3.63) is 47.2 Å². The second-order valence-electron chi connectivity index (χ2n) is 12.5. The Kier molecular flexibility index (Phi) is 7.03. The first kappa shape index (κ1) is 28.3. The van der Waals surface area contributed by atoms with E-state index < -0.39 is 41.4 Å². The van der Waals surface area contributed by atoms with Crippen LogP contribution in [0.1, 0.15) is 56.9 Å². The maximum atomic E-state index is 15.4. The normalized spacial score (nSPS) is 25.9. The third-order valence-electron chi connectivity index (χ3n) is 9.76. The van der Waals surface area contributed by atoms with Crippen LogP contribution in [0.5, 0.6) is 0 Å². The SMILES string of the molecule is NC(=O)c1cnc(N2CCC(CN3CC4CN(c5cc6c(cc5F)C(=O)N(C5CCC(=O)NC5=O)C6=O)CC4C3)CC2)cn1. The van der Waals surface area contributed by atoms with E-state index in [2.05, 4.69) is 25.1 Å². The number of nitrogens with one attached hydrogen (secondary N) is 1. The number of likely N-dealkylation sites (tertiary alicyclic amines) is 1. The quantitative estimate of drug-likeness (QED) is 0.442. The number of halogens is 1. The average molecular weight is 605 g/mol. The average Bonchev–Trinajstić information content (AvgIpc) is 3.63. The highest BCUT2D eigenvalue weighted by Gasteiger charge is 2.46. The first-order valence-corrected chi connectivity index (χ1v) is 15.1. The Morgan fingerprint density at radius 2 is 1.59 bits per heavy atom. The Morgan fingerprint density at radius 3 is 2.20 bits per heavy atom. The molecule has 7 rings (SSSR count). The van der Waals surface area contributed by atoms with Crippen molar-refractivity contribution in [2.45, 2.75) is 31.7 Å². The first-order chi connectivity index (χ1) is 21.2. The van der Waals surface area contributed by atoms with Gasteiger partial charge in [-0.05, 0) is 49.1 Å². The third kappa shape index (κ3) is 4.96. The van der Waals surface area contributed by atoms with Gasteiger partial charge in [0.05, 0.1) is 29.2 Å². The molecule has 6 heterocycles. The molecule has 14 heteroatoms. The zero-order valence-electron chi connectivity index (χ0n) is 24.1.